The third kappa shape index (κ3) is 3.09. The van der Waals surface area contributed by atoms with E-state index in [1.165, 1.54) is 13.1 Å². The molecule has 3 nitrogen and oxygen atoms in total. The van der Waals surface area contributed by atoms with Crippen molar-refractivity contribution in [3.8, 4) is 0 Å². The zero-order valence-electron chi connectivity index (χ0n) is 7.87. The molecule has 1 fully saturated rings. The molecule has 0 aliphatic carbocycles. The minimum Gasteiger partial charge on any atom is -0.393 e. The number of aliphatic hydroxyl groups excluding tert-OH is 1. The van der Waals surface area contributed by atoms with Gasteiger partial charge in [0, 0.05) is 19.6 Å². The smallest absolute Gasteiger partial charge is 0.0524 e. The Morgan fingerprint density at radius 3 is 2.75 bits per heavy atom. The average Bonchev–Trinajstić information content (AvgIpc) is 1.93. The molecule has 1 rings (SSSR count). The van der Waals surface area contributed by atoms with Crippen molar-refractivity contribution in [2.45, 2.75) is 25.9 Å². The van der Waals surface area contributed by atoms with Gasteiger partial charge in [-0.15, -0.1) is 0 Å². The molecule has 1 atom stereocenters. The van der Waals surface area contributed by atoms with Gasteiger partial charge in [0.2, 0.25) is 0 Å². The topological polar surface area (TPSA) is 49.5 Å². The van der Waals surface area contributed by atoms with Crippen LogP contribution in [0.5, 0.6) is 0 Å². The second-order valence-corrected chi connectivity index (χ2v) is 3.84. The van der Waals surface area contributed by atoms with E-state index < -0.39 is 0 Å². The van der Waals surface area contributed by atoms with Crippen LogP contribution in [0.1, 0.15) is 19.8 Å². The first-order valence-corrected chi connectivity index (χ1v) is 4.83. The Labute approximate surface area is 74.5 Å². The summed E-state index contributed by atoms with van der Waals surface area (Å²) in [4.78, 5) is 2.38. The number of hydrogen-bond acceptors (Lipinski definition) is 3. The molecule has 0 bridgehead atoms. The molecule has 1 unspecified atom stereocenters. The average molecular weight is 172 g/mol. The summed E-state index contributed by atoms with van der Waals surface area (Å²) in [6.07, 6.45) is 1.90. The lowest BCUT2D eigenvalue weighted by Crippen LogP contribution is -2.48. The fraction of sp³-hybridized carbons (Fsp3) is 1.00. The van der Waals surface area contributed by atoms with Crippen molar-refractivity contribution in [1.82, 2.24) is 4.90 Å². The van der Waals surface area contributed by atoms with Crippen LogP contribution in [0.2, 0.25) is 0 Å². The molecule has 1 aliphatic rings. The lowest BCUT2D eigenvalue weighted by atomic mass is 9.96. The number of aliphatic hydroxyl groups is 1. The second-order valence-electron chi connectivity index (χ2n) is 3.84. The third-order valence-electron chi connectivity index (χ3n) is 2.47. The van der Waals surface area contributed by atoms with Gasteiger partial charge in [-0.2, -0.15) is 0 Å². The third-order valence-corrected chi connectivity index (χ3v) is 2.47. The van der Waals surface area contributed by atoms with Gasteiger partial charge in [0.1, 0.15) is 0 Å². The van der Waals surface area contributed by atoms with Crippen LogP contribution in [-0.4, -0.2) is 42.3 Å². The summed E-state index contributed by atoms with van der Waals surface area (Å²) >= 11 is 0. The highest BCUT2D eigenvalue weighted by Crippen LogP contribution is 2.18. The highest BCUT2D eigenvalue weighted by molar-refractivity contribution is 4.79. The van der Waals surface area contributed by atoms with Gasteiger partial charge in [0.25, 0.3) is 0 Å². The Balaban J connectivity index is 1.95. The Kier molecular flexibility index (Phi) is 3.98. The van der Waals surface area contributed by atoms with Gasteiger partial charge >= 0.3 is 0 Å². The summed E-state index contributed by atoms with van der Waals surface area (Å²) in [6.45, 7) is 6.07. The molecule has 0 radical (unpaired) electrons. The van der Waals surface area contributed by atoms with Crippen LogP contribution in [-0.2, 0) is 0 Å². The first kappa shape index (κ1) is 9.96. The summed E-state index contributed by atoms with van der Waals surface area (Å²) in [5, 5.41) is 9.04. The van der Waals surface area contributed by atoms with Crippen molar-refractivity contribution < 1.29 is 5.11 Å². The first-order chi connectivity index (χ1) is 5.72. The van der Waals surface area contributed by atoms with Crippen molar-refractivity contribution in [3.05, 3.63) is 0 Å². The maximum Gasteiger partial charge on any atom is 0.0524 e. The van der Waals surface area contributed by atoms with Crippen LogP contribution in [0.3, 0.4) is 0 Å². The minimum atomic E-state index is -0.154. The van der Waals surface area contributed by atoms with Crippen molar-refractivity contribution in [2.75, 3.05) is 26.2 Å². The summed E-state index contributed by atoms with van der Waals surface area (Å²) in [5.41, 5.74) is 5.45. The maximum atomic E-state index is 9.04. The van der Waals surface area contributed by atoms with E-state index in [4.69, 9.17) is 10.8 Å². The van der Waals surface area contributed by atoms with Crippen LogP contribution in [0, 0.1) is 5.92 Å². The van der Waals surface area contributed by atoms with Crippen molar-refractivity contribution >= 4 is 0 Å². The fourth-order valence-corrected chi connectivity index (χ4v) is 1.65. The summed E-state index contributed by atoms with van der Waals surface area (Å²) < 4.78 is 0. The Morgan fingerprint density at radius 2 is 2.25 bits per heavy atom. The normalized spacial score (nSPS) is 22.2. The molecule has 0 spiro atoms. The van der Waals surface area contributed by atoms with Crippen LogP contribution >= 0.6 is 0 Å². The van der Waals surface area contributed by atoms with Gasteiger partial charge in [0.15, 0.2) is 0 Å². The number of hydrogen-bond donors (Lipinski definition) is 2. The fourth-order valence-electron chi connectivity index (χ4n) is 1.65. The van der Waals surface area contributed by atoms with Crippen molar-refractivity contribution in [2.24, 2.45) is 11.7 Å². The molecule has 0 saturated carbocycles. The van der Waals surface area contributed by atoms with Gasteiger partial charge in [0.05, 0.1) is 6.10 Å². The van der Waals surface area contributed by atoms with E-state index in [1.807, 2.05) is 6.92 Å². The monoisotopic (exact) mass is 172 g/mol. The predicted octanol–water partition coefficient (Wildman–Crippen LogP) is 0.0379. The summed E-state index contributed by atoms with van der Waals surface area (Å²) in [6, 6.07) is 0. The molecule has 0 amide bonds. The van der Waals surface area contributed by atoms with Crippen molar-refractivity contribution in [3.63, 3.8) is 0 Å². The Morgan fingerprint density at radius 1 is 1.58 bits per heavy atom. The van der Waals surface area contributed by atoms with E-state index in [0.717, 1.165) is 31.8 Å². The molecule has 0 aromatic rings. The van der Waals surface area contributed by atoms with Gasteiger partial charge in [-0.05, 0) is 32.2 Å². The largest absolute Gasteiger partial charge is 0.393 e. The minimum absolute atomic E-state index is 0.154. The molecule has 0 aromatic heterocycles. The standard InChI is InChI=1S/C9H20N2O/c1-8(12)3-5-11-6-9(7-11)2-4-10/h8-9,12H,2-7,10H2,1H3. The number of nitrogens with zero attached hydrogens (tertiary/aromatic N) is 1. The summed E-state index contributed by atoms with van der Waals surface area (Å²) in [7, 11) is 0. The number of nitrogens with two attached hydrogens (primary N) is 1. The van der Waals surface area contributed by atoms with E-state index >= 15 is 0 Å². The van der Waals surface area contributed by atoms with Crippen LogP contribution < -0.4 is 5.73 Å². The highest BCUT2D eigenvalue weighted by atomic mass is 16.3. The zero-order chi connectivity index (χ0) is 8.97. The lowest BCUT2D eigenvalue weighted by Gasteiger charge is -2.39. The Bertz CT molecular complexity index is 122. The Hall–Kier alpha value is -0.120. The molecule has 1 saturated heterocycles. The quantitative estimate of drug-likeness (QED) is 0.615. The predicted molar refractivity (Wildman–Crippen MR) is 49.9 cm³/mol. The SMILES string of the molecule is CC(O)CCN1CC(CCN)C1. The zero-order valence-corrected chi connectivity index (χ0v) is 7.87. The summed E-state index contributed by atoms with van der Waals surface area (Å²) in [5.74, 6) is 0.823. The molecular weight excluding hydrogens is 152 g/mol. The second kappa shape index (κ2) is 4.80. The van der Waals surface area contributed by atoms with Gasteiger partial charge in [-0.25, -0.2) is 0 Å². The molecular formula is C9H20N2O. The van der Waals surface area contributed by atoms with E-state index in [0.29, 0.717) is 0 Å². The van der Waals surface area contributed by atoms with Crippen LogP contribution in [0.25, 0.3) is 0 Å². The molecule has 1 aliphatic heterocycles. The van der Waals surface area contributed by atoms with Gasteiger partial charge in [-0.3, -0.25) is 0 Å². The lowest BCUT2D eigenvalue weighted by molar-refractivity contribution is 0.0741. The van der Waals surface area contributed by atoms with E-state index in [1.54, 1.807) is 0 Å². The number of rotatable bonds is 5. The van der Waals surface area contributed by atoms with E-state index in [2.05, 4.69) is 4.90 Å². The molecule has 3 heteroatoms. The van der Waals surface area contributed by atoms with E-state index in [-0.39, 0.29) is 6.10 Å². The van der Waals surface area contributed by atoms with Crippen LogP contribution in [0.15, 0.2) is 0 Å². The van der Waals surface area contributed by atoms with Crippen molar-refractivity contribution in [1.29, 1.82) is 0 Å². The highest BCUT2D eigenvalue weighted by Gasteiger charge is 2.25. The molecule has 72 valence electrons. The molecule has 12 heavy (non-hydrogen) atoms. The van der Waals surface area contributed by atoms with Gasteiger partial charge < -0.3 is 15.7 Å². The molecule has 0 aromatic carbocycles. The van der Waals surface area contributed by atoms with E-state index in [9.17, 15) is 0 Å². The first-order valence-electron chi connectivity index (χ1n) is 4.83. The van der Waals surface area contributed by atoms with Gasteiger partial charge in [-0.1, -0.05) is 0 Å². The molecule has 1 heterocycles. The number of likely N-dealkylation sites (tertiary alicyclic amines) is 1. The van der Waals surface area contributed by atoms with Crippen LogP contribution in [0.4, 0.5) is 0 Å². The maximum absolute atomic E-state index is 9.04. The molecule has 3 N–H and O–H groups in total.